The van der Waals surface area contributed by atoms with Gasteiger partial charge in [-0.05, 0) is 62.7 Å². The number of carbonyl (C=O) groups is 1. The molecule has 1 aliphatic heterocycles. The van der Waals surface area contributed by atoms with Gasteiger partial charge in [-0.25, -0.2) is 0 Å². The van der Waals surface area contributed by atoms with Crippen molar-refractivity contribution in [1.82, 2.24) is 20.0 Å². The van der Waals surface area contributed by atoms with Crippen molar-refractivity contribution < 1.29 is 4.79 Å². The molecule has 5 nitrogen and oxygen atoms in total. The lowest BCUT2D eigenvalue weighted by molar-refractivity contribution is 0.0945. The molecular formula is C24H32N4OS. The molecular weight excluding hydrogens is 392 g/mol. The van der Waals surface area contributed by atoms with E-state index in [2.05, 4.69) is 45.6 Å². The highest BCUT2D eigenvalue weighted by Gasteiger charge is 2.27. The molecule has 1 aliphatic rings. The molecule has 0 aliphatic carbocycles. The Bertz CT molecular complexity index is 1010. The number of carbonyl (C=O) groups excluding carboxylic acids is 1. The molecule has 30 heavy (non-hydrogen) atoms. The van der Waals surface area contributed by atoms with Crippen molar-refractivity contribution in [2.75, 3.05) is 6.54 Å². The van der Waals surface area contributed by atoms with E-state index in [0.717, 1.165) is 24.4 Å². The first-order chi connectivity index (χ1) is 14.5. The summed E-state index contributed by atoms with van der Waals surface area (Å²) in [6, 6.07) is 11.1. The maximum atomic E-state index is 13.0. The van der Waals surface area contributed by atoms with Crippen molar-refractivity contribution in [2.45, 2.75) is 64.6 Å². The van der Waals surface area contributed by atoms with Gasteiger partial charge in [-0.3, -0.25) is 14.4 Å². The molecule has 1 saturated heterocycles. The fourth-order valence-corrected chi connectivity index (χ4v) is 5.62. The largest absolute Gasteiger partial charge is 0.349 e. The molecule has 6 heteroatoms. The van der Waals surface area contributed by atoms with Crippen LogP contribution in [-0.4, -0.2) is 39.2 Å². The van der Waals surface area contributed by atoms with E-state index in [0.29, 0.717) is 6.04 Å². The summed E-state index contributed by atoms with van der Waals surface area (Å²) in [6.07, 6.45) is 7.74. The zero-order chi connectivity index (χ0) is 21.1. The van der Waals surface area contributed by atoms with Crippen molar-refractivity contribution in [3.8, 4) is 0 Å². The van der Waals surface area contributed by atoms with Gasteiger partial charge in [0.15, 0.2) is 0 Å². The van der Waals surface area contributed by atoms with Crippen LogP contribution in [0.2, 0.25) is 0 Å². The number of rotatable bonds is 6. The number of likely N-dealkylation sites (tertiary alicyclic amines) is 1. The predicted octanol–water partition coefficient (Wildman–Crippen LogP) is 4.76. The molecule has 1 aromatic carbocycles. The van der Waals surface area contributed by atoms with Crippen LogP contribution in [0.15, 0.2) is 36.5 Å². The van der Waals surface area contributed by atoms with Gasteiger partial charge in [0.25, 0.3) is 5.91 Å². The molecule has 1 unspecified atom stereocenters. The summed E-state index contributed by atoms with van der Waals surface area (Å²) in [5.74, 6) is 0.0630. The number of aryl methyl sites for hydroxylation is 1. The van der Waals surface area contributed by atoms with Crippen LogP contribution in [-0.2, 0) is 20.0 Å². The molecule has 1 N–H and O–H groups in total. The number of hydrogen-bond acceptors (Lipinski definition) is 4. The summed E-state index contributed by atoms with van der Waals surface area (Å²) in [7, 11) is 2.02. The Morgan fingerprint density at radius 1 is 1.23 bits per heavy atom. The fourth-order valence-electron chi connectivity index (χ4n) is 4.49. The molecule has 0 bridgehead atoms. The summed E-state index contributed by atoms with van der Waals surface area (Å²) in [5, 5.41) is 8.70. The molecule has 1 fully saturated rings. The minimum absolute atomic E-state index is 0.0630. The number of benzene rings is 1. The van der Waals surface area contributed by atoms with Gasteiger partial charge in [0.1, 0.15) is 0 Å². The number of amides is 1. The topological polar surface area (TPSA) is 50.2 Å². The molecule has 160 valence electrons. The Hall–Kier alpha value is -2.18. The zero-order valence-electron chi connectivity index (χ0n) is 18.2. The Morgan fingerprint density at radius 3 is 2.83 bits per heavy atom. The second kappa shape index (κ2) is 9.31. The minimum atomic E-state index is 0.0630. The van der Waals surface area contributed by atoms with E-state index in [1.54, 1.807) is 11.3 Å². The first kappa shape index (κ1) is 21.1. The minimum Gasteiger partial charge on any atom is -0.349 e. The van der Waals surface area contributed by atoms with Crippen molar-refractivity contribution in [3.05, 3.63) is 52.7 Å². The quantitative estimate of drug-likeness (QED) is 0.621. The highest BCUT2D eigenvalue weighted by Crippen LogP contribution is 2.34. The second-order valence-electron chi connectivity index (χ2n) is 8.66. The smallest absolute Gasteiger partial charge is 0.261 e. The van der Waals surface area contributed by atoms with Crippen molar-refractivity contribution in [3.63, 3.8) is 0 Å². The first-order valence-electron chi connectivity index (χ1n) is 11.0. The number of nitrogens with one attached hydrogen (secondary N) is 1. The number of hydrogen-bond donors (Lipinski definition) is 1. The molecule has 0 radical (unpaired) electrons. The Kier molecular flexibility index (Phi) is 6.54. The monoisotopic (exact) mass is 424 g/mol. The van der Waals surface area contributed by atoms with E-state index in [9.17, 15) is 4.79 Å². The van der Waals surface area contributed by atoms with Gasteiger partial charge >= 0.3 is 0 Å². The van der Waals surface area contributed by atoms with E-state index in [1.165, 1.54) is 47.0 Å². The van der Waals surface area contributed by atoms with Gasteiger partial charge in [0.2, 0.25) is 0 Å². The lowest BCUT2D eigenvalue weighted by atomic mass is 9.97. The van der Waals surface area contributed by atoms with Gasteiger partial charge in [0, 0.05) is 36.6 Å². The summed E-state index contributed by atoms with van der Waals surface area (Å²) in [5.41, 5.74) is 2.46. The Morgan fingerprint density at radius 2 is 2.07 bits per heavy atom. The van der Waals surface area contributed by atoms with Crippen LogP contribution in [0.1, 0.15) is 60.5 Å². The number of aromatic nitrogens is 2. The maximum absolute atomic E-state index is 13.0. The third kappa shape index (κ3) is 4.60. The maximum Gasteiger partial charge on any atom is 0.261 e. The molecule has 0 spiro atoms. The SMILES string of the molecule is CC(C)NC(=O)c1sc2ccccc2c1CC1CCCCCN1Cc1ccnn1C. The van der Waals surface area contributed by atoms with E-state index >= 15 is 0 Å². The van der Waals surface area contributed by atoms with Crippen molar-refractivity contribution >= 4 is 27.3 Å². The Labute approximate surface area is 183 Å². The van der Waals surface area contributed by atoms with Crippen molar-refractivity contribution in [1.29, 1.82) is 0 Å². The Balaban J connectivity index is 1.66. The van der Waals surface area contributed by atoms with Gasteiger partial charge in [-0.1, -0.05) is 31.0 Å². The third-order valence-corrected chi connectivity index (χ3v) is 7.26. The highest BCUT2D eigenvalue weighted by atomic mass is 32.1. The van der Waals surface area contributed by atoms with Gasteiger partial charge in [-0.15, -0.1) is 11.3 Å². The summed E-state index contributed by atoms with van der Waals surface area (Å²) in [4.78, 5) is 16.5. The molecule has 4 rings (SSSR count). The fraction of sp³-hybridized carbons (Fsp3) is 0.500. The lowest BCUT2D eigenvalue weighted by Crippen LogP contribution is -2.37. The van der Waals surface area contributed by atoms with Gasteiger partial charge in [-0.2, -0.15) is 5.10 Å². The summed E-state index contributed by atoms with van der Waals surface area (Å²) in [6.45, 7) is 6.06. The number of thiophene rings is 1. The lowest BCUT2D eigenvalue weighted by Gasteiger charge is -2.30. The normalized spacial score (nSPS) is 18.1. The highest BCUT2D eigenvalue weighted by molar-refractivity contribution is 7.21. The average Bonchev–Trinajstić information content (AvgIpc) is 3.20. The van der Waals surface area contributed by atoms with E-state index in [4.69, 9.17) is 0 Å². The van der Waals surface area contributed by atoms with E-state index in [-0.39, 0.29) is 11.9 Å². The zero-order valence-corrected chi connectivity index (χ0v) is 19.0. The molecule has 0 saturated carbocycles. The van der Waals surface area contributed by atoms with Crippen LogP contribution in [0, 0.1) is 0 Å². The number of nitrogens with zero attached hydrogens (tertiary/aromatic N) is 3. The third-order valence-electron chi connectivity index (χ3n) is 6.05. The average molecular weight is 425 g/mol. The van der Waals surface area contributed by atoms with Crippen LogP contribution < -0.4 is 5.32 Å². The summed E-state index contributed by atoms with van der Waals surface area (Å²) >= 11 is 1.63. The van der Waals surface area contributed by atoms with Gasteiger partial charge < -0.3 is 5.32 Å². The second-order valence-corrected chi connectivity index (χ2v) is 9.71. The van der Waals surface area contributed by atoms with Crippen LogP contribution in [0.3, 0.4) is 0 Å². The first-order valence-corrected chi connectivity index (χ1v) is 11.9. The molecule has 3 heterocycles. The number of fused-ring (bicyclic) bond motifs is 1. The van der Waals surface area contributed by atoms with Crippen LogP contribution in [0.4, 0.5) is 0 Å². The molecule has 1 amide bonds. The van der Waals surface area contributed by atoms with Gasteiger partial charge in [0.05, 0.1) is 10.6 Å². The molecule has 1 atom stereocenters. The standard InChI is InChI=1S/C24H32N4OS/c1-17(2)26-24(29)23-21(20-10-6-7-11-22(20)30-23)15-18-9-5-4-8-14-28(18)16-19-12-13-25-27(19)3/h6-7,10-13,17-18H,4-5,8-9,14-16H2,1-3H3,(H,26,29). The molecule has 2 aromatic heterocycles. The van der Waals surface area contributed by atoms with Crippen LogP contribution in [0.5, 0.6) is 0 Å². The molecule has 3 aromatic rings. The van der Waals surface area contributed by atoms with Crippen LogP contribution >= 0.6 is 11.3 Å². The van der Waals surface area contributed by atoms with Crippen molar-refractivity contribution in [2.24, 2.45) is 7.05 Å². The predicted molar refractivity (Wildman–Crippen MR) is 124 cm³/mol. The van der Waals surface area contributed by atoms with E-state index in [1.807, 2.05) is 31.8 Å². The van der Waals surface area contributed by atoms with Crippen LogP contribution in [0.25, 0.3) is 10.1 Å². The summed E-state index contributed by atoms with van der Waals surface area (Å²) < 4.78 is 3.18. The van der Waals surface area contributed by atoms with E-state index < -0.39 is 0 Å².